The summed E-state index contributed by atoms with van der Waals surface area (Å²) in [6, 6.07) is 28.8. The first-order valence-electron chi connectivity index (χ1n) is 14.5. The van der Waals surface area contributed by atoms with Crippen LogP contribution >= 0.6 is 11.8 Å². The van der Waals surface area contributed by atoms with Gasteiger partial charge in [-0.25, -0.2) is 0 Å². The van der Waals surface area contributed by atoms with Crippen molar-refractivity contribution in [3.63, 3.8) is 0 Å². The molecule has 8 nitrogen and oxygen atoms in total. The number of carbonyl (C=O) groups is 3. The molecule has 0 radical (unpaired) electrons. The van der Waals surface area contributed by atoms with E-state index in [9.17, 15) is 14.4 Å². The molecule has 0 fully saturated rings. The third kappa shape index (κ3) is 9.23. The van der Waals surface area contributed by atoms with E-state index in [0.717, 1.165) is 10.6 Å². The first-order chi connectivity index (χ1) is 21.7. The van der Waals surface area contributed by atoms with Crippen LogP contribution in [0.5, 0.6) is 11.5 Å². The molecule has 0 aliphatic heterocycles. The van der Waals surface area contributed by atoms with Crippen LogP contribution in [0.2, 0.25) is 0 Å². The lowest BCUT2D eigenvalue weighted by Crippen LogP contribution is -2.30. The Morgan fingerprint density at radius 3 is 2.02 bits per heavy atom. The largest absolute Gasteiger partial charge is 0.497 e. The lowest BCUT2D eigenvalue weighted by atomic mass is 10.0. The molecule has 0 saturated carbocycles. The Morgan fingerprint density at radius 2 is 1.40 bits per heavy atom. The number of benzene rings is 4. The lowest BCUT2D eigenvalue weighted by Gasteiger charge is -2.14. The van der Waals surface area contributed by atoms with Crippen LogP contribution < -0.4 is 25.4 Å². The number of anilines is 2. The Morgan fingerprint density at radius 1 is 0.756 bits per heavy atom. The zero-order chi connectivity index (χ0) is 32.3. The topological polar surface area (TPSA) is 106 Å². The summed E-state index contributed by atoms with van der Waals surface area (Å²) >= 11 is 1.41. The number of rotatable bonds is 12. The van der Waals surface area contributed by atoms with Gasteiger partial charge >= 0.3 is 0 Å². The van der Waals surface area contributed by atoms with Gasteiger partial charge in [0.25, 0.3) is 11.8 Å². The van der Waals surface area contributed by atoms with Crippen molar-refractivity contribution >= 4 is 46.9 Å². The van der Waals surface area contributed by atoms with Crippen molar-refractivity contribution in [3.05, 3.63) is 119 Å². The second kappa shape index (κ2) is 15.6. The summed E-state index contributed by atoms with van der Waals surface area (Å²) in [7, 11) is 3.07. The fraction of sp³-hybridized carbons (Fsp3) is 0.194. The van der Waals surface area contributed by atoms with E-state index in [0.29, 0.717) is 34.2 Å². The molecule has 4 aromatic rings. The summed E-state index contributed by atoms with van der Waals surface area (Å²) in [5, 5.41) is 8.20. The molecule has 0 saturated heterocycles. The van der Waals surface area contributed by atoms with Crippen LogP contribution in [0.15, 0.2) is 108 Å². The molecule has 45 heavy (non-hydrogen) atoms. The molecule has 232 valence electrons. The van der Waals surface area contributed by atoms with Gasteiger partial charge in [0.1, 0.15) is 17.2 Å². The number of nitrogens with one attached hydrogen (secondary N) is 3. The van der Waals surface area contributed by atoms with E-state index in [2.05, 4.69) is 29.8 Å². The van der Waals surface area contributed by atoms with Gasteiger partial charge in [-0.1, -0.05) is 44.2 Å². The Bertz CT molecular complexity index is 1650. The van der Waals surface area contributed by atoms with Gasteiger partial charge in [-0.05, 0) is 91.2 Å². The number of carbonyl (C=O) groups excluding carboxylic acids is 3. The molecule has 4 rings (SSSR count). The minimum atomic E-state index is -0.527. The molecule has 1 atom stereocenters. The normalized spacial score (nSPS) is 11.8. The van der Waals surface area contributed by atoms with Crippen LogP contribution in [-0.4, -0.2) is 37.2 Å². The van der Waals surface area contributed by atoms with E-state index < -0.39 is 11.8 Å². The van der Waals surface area contributed by atoms with Gasteiger partial charge in [-0.3, -0.25) is 14.4 Å². The van der Waals surface area contributed by atoms with E-state index in [-0.39, 0.29) is 16.9 Å². The minimum Gasteiger partial charge on any atom is -0.497 e. The monoisotopic (exact) mass is 623 g/mol. The molecule has 0 bridgehead atoms. The fourth-order valence-corrected chi connectivity index (χ4v) is 5.19. The molecular weight excluding hydrogens is 586 g/mol. The predicted molar refractivity (Wildman–Crippen MR) is 181 cm³/mol. The number of ether oxygens (including phenoxy) is 2. The van der Waals surface area contributed by atoms with Gasteiger partial charge in [0.2, 0.25) is 5.91 Å². The summed E-state index contributed by atoms with van der Waals surface area (Å²) in [6.45, 7) is 6.10. The Kier molecular flexibility index (Phi) is 11.4. The average molecular weight is 624 g/mol. The average Bonchev–Trinajstić information content (AvgIpc) is 3.05. The highest BCUT2D eigenvalue weighted by molar-refractivity contribution is 8.00. The van der Waals surface area contributed by atoms with Crippen LogP contribution in [0.3, 0.4) is 0 Å². The predicted octanol–water partition coefficient (Wildman–Crippen LogP) is 7.36. The van der Waals surface area contributed by atoms with E-state index in [1.54, 1.807) is 67.8 Å². The number of thioether (sulfide) groups is 1. The summed E-state index contributed by atoms with van der Waals surface area (Å²) in [6.07, 6.45) is 1.54. The standard InChI is InChI=1S/C36H37N3O5S/c1-23(2)25-11-13-28(14-12-25)37-34(40)24(3)45-31-18-15-29(16-19-31)38-36(42)32(39-35(41)26-9-7-6-8-10-26)22-27-21-30(43-4)17-20-33(27)44-5/h6-24H,1-5H3,(H,37,40)(H,38,42)(H,39,41)/b32-22-. The number of hydrogen-bond acceptors (Lipinski definition) is 6. The Hall–Kier alpha value is -5.02. The van der Waals surface area contributed by atoms with Crippen LogP contribution in [0.4, 0.5) is 11.4 Å². The fourth-order valence-electron chi connectivity index (χ4n) is 4.32. The number of amides is 3. The van der Waals surface area contributed by atoms with Crippen LogP contribution in [0.25, 0.3) is 6.08 Å². The van der Waals surface area contributed by atoms with Crippen LogP contribution in [-0.2, 0) is 9.59 Å². The van der Waals surface area contributed by atoms with E-state index >= 15 is 0 Å². The molecule has 1 unspecified atom stereocenters. The van der Waals surface area contributed by atoms with Gasteiger partial charge in [0.05, 0.1) is 19.5 Å². The Balaban J connectivity index is 1.46. The molecule has 4 aromatic carbocycles. The van der Waals surface area contributed by atoms with Crippen molar-refractivity contribution < 1.29 is 23.9 Å². The van der Waals surface area contributed by atoms with Gasteiger partial charge < -0.3 is 25.4 Å². The minimum absolute atomic E-state index is 0.0144. The molecule has 0 heterocycles. The molecule has 0 aromatic heterocycles. The third-order valence-electron chi connectivity index (χ3n) is 6.90. The van der Waals surface area contributed by atoms with E-state index in [1.807, 2.05) is 49.4 Å². The lowest BCUT2D eigenvalue weighted by molar-refractivity contribution is -0.115. The van der Waals surface area contributed by atoms with Crippen molar-refractivity contribution in [3.8, 4) is 11.5 Å². The quantitative estimate of drug-likeness (QED) is 0.113. The van der Waals surface area contributed by atoms with Crippen molar-refractivity contribution in [2.75, 3.05) is 24.9 Å². The number of hydrogen-bond donors (Lipinski definition) is 3. The second-order valence-corrected chi connectivity index (χ2v) is 11.9. The zero-order valence-corrected chi connectivity index (χ0v) is 26.7. The van der Waals surface area contributed by atoms with Gasteiger partial charge in [-0.15, -0.1) is 11.8 Å². The Labute approximate surface area is 268 Å². The van der Waals surface area contributed by atoms with Gasteiger partial charge in [0, 0.05) is 27.4 Å². The molecule has 0 aliphatic carbocycles. The first-order valence-corrected chi connectivity index (χ1v) is 15.3. The molecule has 3 amide bonds. The summed E-state index contributed by atoms with van der Waals surface area (Å²) in [5.74, 6) is 0.420. The van der Waals surface area contributed by atoms with Crippen molar-refractivity contribution in [1.82, 2.24) is 5.32 Å². The van der Waals surface area contributed by atoms with Crippen LogP contribution in [0.1, 0.15) is 48.2 Å². The zero-order valence-electron chi connectivity index (χ0n) is 25.9. The SMILES string of the molecule is COc1ccc(OC)c(/C=C(\NC(=O)c2ccccc2)C(=O)Nc2ccc(SC(C)C(=O)Nc3ccc(C(C)C)cc3)cc2)c1. The number of methoxy groups -OCH3 is 2. The maximum atomic E-state index is 13.5. The van der Waals surface area contributed by atoms with Gasteiger partial charge in [0.15, 0.2) is 0 Å². The molecule has 3 N–H and O–H groups in total. The van der Waals surface area contributed by atoms with Crippen LogP contribution in [0, 0.1) is 0 Å². The molecule has 9 heteroatoms. The van der Waals surface area contributed by atoms with E-state index in [4.69, 9.17) is 9.47 Å². The second-order valence-electron chi connectivity index (χ2n) is 10.5. The summed E-state index contributed by atoms with van der Waals surface area (Å²) < 4.78 is 10.8. The first kappa shape index (κ1) is 32.9. The summed E-state index contributed by atoms with van der Waals surface area (Å²) in [5.41, 5.74) is 3.45. The third-order valence-corrected chi connectivity index (χ3v) is 8.02. The highest BCUT2D eigenvalue weighted by Gasteiger charge is 2.18. The highest BCUT2D eigenvalue weighted by atomic mass is 32.2. The van der Waals surface area contributed by atoms with Crippen molar-refractivity contribution in [2.45, 2.75) is 36.8 Å². The smallest absolute Gasteiger partial charge is 0.272 e. The molecule has 0 spiro atoms. The molecular formula is C36H37N3O5S. The highest BCUT2D eigenvalue weighted by Crippen LogP contribution is 2.28. The van der Waals surface area contributed by atoms with Gasteiger partial charge in [-0.2, -0.15) is 0 Å². The maximum Gasteiger partial charge on any atom is 0.272 e. The van der Waals surface area contributed by atoms with Crippen molar-refractivity contribution in [1.29, 1.82) is 0 Å². The van der Waals surface area contributed by atoms with E-state index in [1.165, 1.54) is 24.4 Å². The summed E-state index contributed by atoms with van der Waals surface area (Å²) in [4.78, 5) is 40.2. The van der Waals surface area contributed by atoms with Crippen molar-refractivity contribution in [2.24, 2.45) is 0 Å². The maximum absolute atomic E-state index is 13.5. The molecule has 0 aliphatic rings.